The van der Waals surface area contributed by atoms with Crippen molar-refractivity contribution < 1.29 is 4.79 Å². The summed E-state index contributed by atoms with van der Waals surface area (Å²) in [6.07, 6.45) is 0. The number of anilines is 2. The Morgan fingerprint density at radius 2 is 2.16 bits per heavy atom. The van der Waals surface area contributed by atoms with Crippen LogP contribution in [0, 0.1) is 11.3 Å². The van der Waals surface area contributed by atoms with E-state index in [0.29, 0.717) is 11.3 Å². The Hall–Kier alpha value is -2.58. The zero-order chi connectivity index (χ0) is 13.8. The molecule has 6 heteroatoms. The van der Waals surface area contributed by atoms with Crippen molar-refractivity contribution in [2.24, 2.45) is 0 Å². The Balaban J connectivity index is 2.20. The number of nitrogens with two attached hydrogens (primary N) is 1. The van der Waals surface area contributed by atoms with Crippen LogP contribution in [0.2, 0.25) is 5.02 Å². The van der Waals surface area contributed by atoms with E-state index in [0.717, 1.165) is 0 Å². The highest BCUT2D eigenvalue weighted by Gasteiger charge is 2.09. The van der Waals surface area contributed by atoms with Crippen LogP contribution in [-0.2, 0) is 0 Å². The number of aromatic nitrogens is 1. The number of halogens is 1. The van der Waals surface area contributed by atoms with E-state index in [9.17, 15) is 4.79 Å². The largest absolute Gasteiger partial charge is 0.384 e. The van der Waals surface area contributed by atoms with Crippen molar-refractivity contribution >= 4 is 29.0 Å². The minimum absolute atomic E-state index is 0.209. The smallest absolute Gasteiger partial charge is 0.274 e. The monoisotopic (exact) mass is 272 g/mol. The molecule has 0 fully saturated rings. The zero-order valence-corrected chi connectivity index (χ0v) is 10.5. The van der Waals surface area contributed by atoms with Gasteiger partial charge in [-0.15, -0.1) is 0 Å². The van der Waals surface area contributed by atoms with Crippen molar-refractivity contribution in [2.75, 3.05) is 11.1 Å². The summed E-state index contributed by atoms with van der Waals surface area (Å²) >= 11 is 5.87. The van der Waals surface area contributed by atoms with Crippen LogP contribution in [0.25, 0.3) is 0 Å². The lowest BCUT2D eigenvalue weighted by Gasteiger charge is -2.06. The number of nitrogens with one attached hydrogen (secondary N) is 1. The Morgan fingerprint density at radius 1 is 1.37 bits per heavy atom. The molecule has 0 aliphatic carbocycles. The summed E-state index contributed by atoms with van der Waals surface area (Å²) in [5.74, 6) is -0.126. The van der Waals surface area contributed by atoms with Gasteiger partial charge in [-0.05, 0) is 30.3 Å². The molecule has 0 bridgehead atoms. The summed E-state index contributed by atoms with van der Waals surface area (Å²) in [6, 6.07) is 11.4. The standard InChI is InChI=1S/C13H9ClN4O/c14-10-6-9(5-4-8(10)7-15)17-13(19)11-2-1-3-12(16)18-11/h1-6H,(H2,16,18)(H,17,19). The third-order valence-corrected chi connectivity index (χ3v) is 2.66. The minimum atomic E-state index is -0.395. The maximum Gasteiger partial charge on any atom is 0.274 e. The fourth-order valence-corrected chi connectivity index (χ4v) is 1.68. The van der Waals surface area contributed by atoms with Gasteiger partial charge >= 0.3 is 0 Å². The average molecular weight is 273 g/mol. The highest BCUT2D eigenvalue weighted by atomic mass is 35.5. The second-order valence-electron chi connectivity index (χ2n) is 3.71. The summed E-state index contributed by atoms with van der Waals surface area (Å²) in [5, 5.41) is 11.7. The van der Waals surface area contributed by atoms with Gasteiger partial charge in [0.25, 0.3) is 5.91 Å². The van der Waals surface area contributed by atoms with Gasteiger partial charge in [0.1, 0.15) is 17.6 Å². The molecule has 1 amide bonds. The number of benzene rings is 1. The first-order valence-corrected chi connectivity index (χ1v) is 5.71. The average Bonchev–Trinajstić information content (AvgIpc) is 2.39. The van der Waals surface area contributed by atoms with E-state index < -0.39 is 5.91 Å². The molecular formula is C13H9ClN4O. The third-order valence-electron chi connectivity index (χ3n) is 2.35. The molecule has 0 aliphatic heterocycles. The fraction of sp³-hybridized carbons (Fsp3) is 0. The van der Waals surface area contributed by atoms with Crippen molar-refractivity contribution in [3.8, 4) is 6.07 Å². The molecule has 1 aromatic carbocycles. The van der Waals surface area contributed by atoms with E-state index in [-0.39, 0.29) is 16.5 Å². The van der Waals surface area contributed by atoms with Gasteiger partial charge < -0.3 is 11.1 Å². The second kappa shape index (κ2) is 5.38. The molecule has 19 heavy (non-hydrogen) atoms. The molecule has 0 spiro atoms. The van der Waals surface area contributed by atoms with E-state index in [1.807, 2.05) is 6.07 Å². The molecule has 0 saturated heterocycles. The highest BCUT2D eigenvalue weighted by Crippen LogP contribution is 2.20. The van der Waals surface area contributed by atoms with Crippen LogP contribution >= 0.6 is 11.6 Å². The number of nitriles is 1. The predicted octanol–water partition coefficient (Wildman–Crippen LogP) is 2.44. The number of hydrogen-bond donors (Lipinski definition) is 2. The van der Waals surface area contributed by atoms with E-state index in [1.165, 1.54) is 12.1 Å². The lowest BCUT2D eigenvalue weighted by Crippen LogP contribution is -2.14. The van der Waals surface area contributed by atoms with Crippen LogP contribution < -0.4 is 11.1 Å². The maximum atomic E-state index is 11.9. The minimum Gasteiger partial charge on any atom is -0.384 e. The third kappa shape index (κ3) is 3.00. The fourth-order valence-electron chi connectivity index (χ4n) is 1.46. The summed E-state index contributed by atoms with van der Waals surface area (Å²) in [6.45, 7) is 0. The quantitative estimate of drug-likeness (QED) is 0.878. The number of pyridine rings is 1. The molecule has 0 atom stereocenters. The molecule has 2 aromatic rings. The number of rotatable bonds is 2. The normalized spacial score (nSPS) is 9.68. The lowest BCUT2D eigenvalue weighted by molar-refractivity contribution is 0.102. The lowest BCUT2D eigenvalue weighted by atomic mass is 10.2. The SMILES string of the molecule is N#Cc1ccc(NC(=O)c2cccc(N)n2)cc1Cl. The van der Waals surface area contributed by atoms with Gasteiger partial charge in [0, 0.05) is 5.69 Å². The van der Waals surface area contributed by atoms with Crippen molar-refractivity contribution in [2.45, 2.75) is 0 Å². The van der Waals surface area contributed by atoms with Gasteiger partial charge in [0.2, 0.25) is 0 Å². The van der Waals surface area contributed by atoms with E-state index in [1.54, 1.807) is 24.3 Å². The first kappa shape index (κ1) is 12.9. The van der Waals surface area contributed by atoms with E-state index in [2.05, 4.69) is 10.3 Å². The maximum absolute atomic E-state index is 11.9. The molecule has 94 valence electrons. The van der Waals surface area contributed by atoms with Gasteiger partial charge in [0.15, 0.2) is 0 Å². The van der Waals surface area contributed by atoms with Crippen molar-refractivity contribution in [1.82, 2.24) is 4.98 Å². The molecule has 1 heterocycles. The molecule has 2 rings (SSSR count). The molecular weight excluding hydrogens is 264 g/mol. The number of nitrogen functional groups attached to an aromatic ring is 1. The highest BCUT2D eigenvalue weighted by molar-refractivity contribution is 6.32. The molecule has 0 saturated carbocycles. The first-order chi connectivity index (χ1) is 9.10. The molecule has 0 aliphatic rings. The summed E-state index contributed by atoms with van der Waals surface area (Å²) in [7, 11) is 0. The second-order valence-corrected chi connectivity index (χ2v) is 4.12. The number of amides is 1. The van der Waals surface area contributed by atoms with Crippen LogP contribution in [-0.4, -0.2) is 10.9 Å². The molecule has 1 aromatic heterocycles. The number of nitrogens with zero attached hydrogens (tertiary/aromatic N) is 2. The van der Waals surface area contributed by atoms with Crippen molar-refractivity contribution in [1.29, 1.82) is 5.26 Å². The van der Waals surface area contributed by atoms with Crippen molar-refractivity contribution in [3.63, 3.8) is 0 Å². The zero-order valence-electron chi connectivity index (χ0n) is 9.72. The summed E-state index contributed by atoms with van der Waals surface area (Å²) in [4.78, 5) is 15.8. The summed E-state index contributed by atoms with van der Waals surface area (Å²) in [5.41, 5.74) is 6.55. The van der Waals surface area contributed by atoms with Gasteiger partial charge in [-0.3, -0.25) is 4.79 Å². The molecule has 0 radical (unpaired) electrons. The van der Waals surface area contributed by atoms with Crippen molar-refractivity contribution in [3.05, 3.63) is 52.7 Å². The Labute approximate surface area is 114 Å². The Kier molecular flexibility index (Phi) is 3.64. The summed E-state index contributed by atoms with van der Waals surface area (Å²) < 4.78 is 0. The van der Waals surface area contributed by atoms with Gasteiger partial charge in [-0.2, -0.15) is 5.26 Å². The van der Waals surface area contributed by atoms with Gasteiger partial charge in [-0.1, -0.05) is 17.7 Å². The topological polar surface area (TPSA) is 91.8 Å². The van der Waals surface area contributed by atoms with E-state index in [4.69, 9.17) is 22.6 Å². The Bertz CT molecular complexity index is 679. The van der Waals surface area contributed by atoms with Crippen LogP contribution in [0.1, 0.15) is 16.1 Å². The Morgan fingerprint density at radius 3 is 2.79 bits per heavy atom. The predicted molar refractivity (Wildman–Crippen MR) is 72.8 cm³/mol. The first-order valence-electron chi connectivity index (χ1n) is 5.33. The van der Waals surface area contributed by atoms with Crippen LogP contribution in [0.4, 0.5) is 11.5 Å². The van der Waals surface area contributed by atoms with E-state index >= 15 is 0 Å². The molecule has 3 N–H and O–H groups in total. The number of hydrogen-bond acceptors (Lipinski definition) is 4. The van der Waals surface area contributed by atoms with Gasteiger partial charge in [0.05, 0.1) is 10.6 Å². The van der Waals surface area contributed by atoms with Crippen LogP contribution in [0.15, 0.2) is 36.4 Å². The van der Waals surface area contributed by atoms with Crippen LogP contribution in [0.3, 0.4) is 0 Å². The van der Waals surface area contributed by atoms with Crippen LogP contribution in [0.5, 0.6) is 0 Å². The van der Waals surface area contributed by atoms with Gasteiger partial charge in [-0.25, -0.2) is 4.98 Å². The molecule has 0 unspecified atom stereocenters. The number of carbonyl (C=O) groups excluding carboxylic acids is 1. The molecule has 5 nitrogen and oxygen atoms in total. The number of carbonyl (C=O) groups is 1.